The number of halogens is 2. The van der Waals surface area contributed by atoms with Crippen molar-refractivity contribution in [3.63, 3.8) is 0 Å². The molecule has 0 bridgehead atoms. The predicted octanol–water partition coefficient (Wildman–Crippen LogP) is 2.28. The fourth-order valence-electron chi connectivity index (χ4n) is 0.959. The average Bonchev–Trinajstić information content (AvgIpc) is 2.06. The van der Waals surface area contributed by atoms with Gasteiger partial charge in [0.25, 0.3) is 0 Å². The Morgan fingerprint density at radius 1 is 1.42 bits per heavy atom. The first-order valence-electron chi connectivity index (χ1n) is 3.50. The van der Waals surface area contributed by atoms with E-state index in [0.29, 0.717) is 0 Å². The summed E-state index contributed by atoms with van der Waals surface area (Å²) in [6.07, 6.45) is 1.73. The molecule has 0 spiro atoms. The van der Waals surface area contributed by atoms with Gasteiger partial charge in [-0.15, -0.1) is 6.58 Å². The molecular weight excluding hydrogens is 160 g/mol. The quantitative estimate of drug-likeness (QED) is 0.533. The SMILES string of the molecule is C=CCc1c(N)ccc(F)c1F. The monoisotopic (exact) mass is 169 g/mol. The van der Waals surface area contributed by atoms with Gasteiger partial charge in [0.15, 0.2) is 11.6 Å². The molecule has 3 heteroatoms. The van der Waals surface area contributed by atoms with Crippen molar-refractivity contribution in [3.8, 4) is 0 Å². The maximum atomic E-state index is 12.9. The van der Waals surface area contributed by atoms with Crippen molar-refractivity contribution in [1.82, 2.24) is 0 Å². The standard InChI is InChI=1S/C9H9F2N/c1-2-3-6-8(12)5-4-7(10)9(6)11/h2,4-5H,1,3,12H2. The van der Waals surface area contributed by atoms with Crippen LogP contribution in [0.15, 0.2) is 24.8 Å². The molecule has 0 unspecified atom stereocenters. The summed E-state index contributed by atoms with van der Waals surface area (Å²) < 4.78 is 25.6. The first-order chi connectivity index (χ1) is 5.66. The molecular formula is C9H9F2N. The van der Waals surface area contributed by atoms with E-state index >= 15 is 0 Å². The zero-order valence-corrected chi connectivity index (χ0v) is 6.48. The molecule has 0 aliphatic heterocycles. The van der Waals surface area contributed by atoms with Crippen molar-refractivity contribution in [3.05, 3.63) is 42.0 Å². The van der Waals surface area contributed by atoms with Gasteiger partial charge in [-0.2, -0.15) is 0 Å². The second-order valence-corrected chi connectivity index (χ2v) is 2.42. The van der Waals surface area contributed by atoms with Gasteiger partial charge in [-0.25, -0.2) is 8.78 Å². The highest BCUT2D eigenvalue weighted by molar-refractivity contribution is 5.48. The topological polar surface area (TPSA) is 26.0 Å². The summed E-state index contributed by atoms with van der Waals surface area (Å²) in [6.45, 7) is 3.42. The second-order valence-electron chi connectivity index (χ2n) is 2.42. The maximum absolute atomic E-state index is 12.9. The number of benzene rings is 1. The number of allylic oxidation sites excluding steroid dienone is 1. The first-order valence-corrected chi connectivity index (χ1v) is 3.50. The van der Waals surface area contributed by atoms with Crippen molar-refractivity contribution in [2.45, 2.75) is 6.42 Å². The van der Waals surface area contributed by atoms with Crippen LogP contribution in [0.5, 0.6) is 0 Å². The van der Waals surface area contributed by atoms with E-state index in [0.717, 1.165) is 6.07 Å². The Morgan fingerprint density at radius 2 is 2.08 bits per heavy atom. The third-order valence-corrected chi connectivity index (χ3v) is 1.58. The zero-order valence-electron chi connectivity index (χ0n) is 6.48. The molecule has 0 heterocycles. The molecule has 1 rings (SSSR count). The minimum absolute atomic E-state index is 0.171. The summed E-state index contributed by atoms with van der Waals surface area (Å²) in [7, 11) is 0. The van der Waals surface area contributed by atoms with Gasteiger partial charge in [0, 0.05) is 11.3 Å². The Morgan fingerprint density at radius 3 is 2.67 bits per heavy atom. The molecule has 0 atom stereocenters. The van der Waals surface area contributed by atoms with E-state index in [2.05, 4.69) is 6.58 Å². The molecule has 1 aromatic carbocycles. The largest absolute Gasteiger partial charge is 0.398 e. The van der Waals surface area contributed by atoms with Crippen LogP contribution in [0.1, 0.15) is 5.56 Å². The van der Waals surface area contributed by atoms with Crippen molar-refractivity contribution >= 4 is 5.69 Å². The van der Waals surface area contributed by atoms with Crippen LogP contribution in [0.2, 0.25) is 0 Å². The number of anilines is 1. The average molecular weight is 169 g/mol. The normalized spacial score (nSPS) is 9.83. The van der Waals surface area contributed by atoms with E-state index in [1.165, 1.54) is 12.1 Å². The van der Waals surface area contributed by atoms with Crippen molar-refractivity contribution < 1.29 is 8.78 Å². The summed E-state index contributed by atoms with van der Waals surface area (Å²) in [4.78, 5) is 0. The van der Waals surface area contributed by atoms with Crippen LogP contribution in [-0.4, -0.2) is 0 Å². The van der Waals surface area contributed by atoms with E-state index in [4.69, 9.17) is 5.73 Å². The van der Waals surface area contributed by atoms with Gasteiger partial charge in [-0.3, -0.25) is 0 Å². The summed E-state index contributed by atoms with van der Waals surface area (Å²) in [5.74, 6) is -1.75. The van der Waals surface area contributed by atoms with E-state index in [9.17, 15) is 8.78 Å². The molecule has 0 aromatic heterocycles. The number of rotatable bonds is 2. The minimum Gasteiger partial charge on any atom is -0.398 e. The third-order valence-electron chi connectivity index (χ3n) is 1.58. The summed E-state index contributed by atoms with van der Waals surface area (Å²) >= 11 is 0. The Hall–Kier alpha value is -1.38. The fraction of sp³-hybridized carbons (Fsp3) is 0.111. The molecule has 64 valence electrons. The Kier molecular flexibility index (Phi) is 2.43. The van der Waals surface area contributed by atoms with Crippen molar-refractivity contribution in [2.24, 2.45) is 0 Å². The van der Waals surface area contributed by atoms with Gasteiger partial charge >= 0.3 is 0 Å². The smallest absolute Gasteiger partial charge is 0.164 e. The van der Waals surface area contributed by atoms with Gasteiger partial charge in [0.1, 0.15) is 0 Å². The first kappa shape index (κ1) is 8.71. The number of nitrogen functional groups attached to an aromatic ring is 1. The van der Waals surface area contributed by atoms with Gasteiger partial charge in [-0.1, -0.05) is 6.08 Å². The van der Waals surface area contributed by atoms with Crippen LogP contribution in [0, 0.1) is 11.6 Å². The van der Waals surface area contributed by atoms with Crippen molar-refractivity contribution in [1.29, 1.82) is 0 Å². The molecule has 1 nitrogen and oxygen atoms in total. The summed E-state index contributed by atoms with van der Waals surface area (Å²) in [5, 5.41) is 0. The van der Waals surface area contributed by atoms with Crippen LogP contribution >= 0.6 is 0 Å². The number of nitrogens with two attached hydrogens (primary N) is 1. The minimum atomic E-state index is -0.880. The van der Waals surface area contributed by atoms with E-state index in [-0.39, 0.29) is 17.7 Å². The third kappa shape index (κ3) is 1.44. The van der Waals surface area contributed by atoms with Crippen LogP contribution in [-0.2, 0) is 6.42 Å². The second kappa shape index (κ2) is 3.34. The lowest BCUT2D eigenvalue weighted by molar-refractivity contribution is 0.502. The molecule has 0 saturated heterocycles. The van der Waals surface area contributed by atoms with Gasteiger partial charge in [0.05, 0.1) is 0 Å². The van der Waals surface area contributed by atoms with E-state index in [1.807, 2.05) is 0 Å². The fourth-order valence-corrected chi connectivity index (χ4v) is 0.959. The molecule has 0 saturated carbocycles. The van der Waals surface area contributed by atoms with Crippen LogP contribution < -0.4 is 5.73 Å². The molecule has 12 heavy (non-hydrogen) atoms. The molecule has 0 amide bonds. The van der Waals surface area contributed by atoms with Gasteiger partial charge < -0.3 is 5.73 Å². The number of hydrogen-bond donors (Lipinski definition) is 1. The molecule has 0 fully saturated rings. The lowest BCUT2D eigenvalue weighted by Crippen LogP contribution is -1.99. The Balaban J connectivity index is 3.22. The predicted molar refractivity (Wildman–Crippen MR) is 44.7 cm³/mol. The molecule has 0 aliphatic carbocycles. The van der Waals surface area contributed by atoms with Crippen LogP contribution in [0.4, 0.5) is 14.5 Å². The highest BCUT2D eigenvalue weighted by atomic mass is 19.2. The highest BCUT2D eigenvalue weighted by Crippen LogP contribution is 2.19. The Bertz CT molecular complexity index is 308. The highest BCUT2D eigenvalue weighted by Gasteiger charge is 2.09. The zero-order chi connectivity index (χ0) is 9.14. The molecule has 0 radical (unpaired) electrons. The molecule has 0 aliphatic rings. The molecule has 1 aromatic rings. The Labute approximate surface area is 69.5 Å². The lowest BCUT2D eigenvalue weighted by atomic mass is 10.1. The molecule has 2 N–H and O–H groups in total. The van der Waals surface area contributed by atoms with E-state index in [1.54, 1.807) is 0 Å². The van der Waals surface area contributed by atoms with Gasteiger partial charge in [0.2, 0.25) is 0 Å². The summed E-state index contributed by atoms with van der Waals surface area (Å²) in [5.41, 5.74) is 5.85. The van der Waals surface area contributed by atoms with Crippen molar-refractivity contribution in [2.75, 3.05) is 5.73 Å². The van der Waals surface area contributed by atoms with Crippen LogP contribution in [0.25, 0.3) is 0 Å². The summed E-state index contributed by atoms with van der Waals surface area (Å²) in [6, 6.07) is 2.36. The lowest BCUT2D eigenvalue weighted by Gasteiger charge is -2.04. The maximum Gasteiger partial charge on any atom is 0.164 e. The van der Waals surface area contributed by atoms with E-state index < -0.39 is 11.6 Å². The van der Waals surface area contributed by atoms with Crippen LogP contribution in [0.3, 0.4) is 0 Å². The van der Waals surface area contributed by atoms with Gasteiger partial charge in [-0.05, 0) is 18.6 Å². The number of hydrogen-bond acceptors (Lipinski definition) is 1.